The molecular formula is C24H26N2O4. The van der Waals surface area contributed by atoms with Crippen molar-refractivity contribution in [2.75, 3.05) is 19.8 Å². The van der Waals surface area contributed by atoms with Crippen LogP contribution in [0, 0.1) is 0 Å². The van der Waals surface area contributed by atoms with Gasteiger partial charge in [0.25, 0.3) is 0 Å². The fraction of sp³-hybridized carbons (Fsp3) is 0.292. The van der Waals surface area contributed by atoms with Gasteiger partial charge in [0.2, 0.25) is 5.91 Å². The predicted octanol–water partition coefficient (Wildman–Crippen LogP) is 3.93. The number of nitrogens with zero attached hydrogens (tertiary/aromatic N) is 1. The van der Waals surface area contributed by atoms with Crippen LogP contribution in [-0.2, 0) is 17.9 Å². The standard InChI is InChI=1S/C24H26N2O4/c1-18(20-9-10-22-23(14-20)30-13-12-29-22)25-15-24(27)26(17-21-8-5-11-28-21)16-19-6-3-2-4-7-19/h2-11,14,18,25H,12-13,15-17H2,1H3/t18-/m0/s1. The first-order chi connectivity index (χ1) is 14.7. The molecule has 1 N–H and O–H groups in total. The highest BCUT2D eigenvalue weighted by atomic mass is 16.6. The SMILES string of the molecule is C[C@H](NCC(=O)N(Cc1ccccc1)Cc1ccco1)c1ccc2c(c1)OCCO2. The number of fused-ring (bicyclic) bond motifs is 1. The van der Waals surface area contributed by atoms with E-state index in [1.54, 1.807) is 11.2 Å². The number of carbonyl (C=O) groups is 1. The van der Waals surface area contributed by atoms with Gasteiger partial charge in [-0.2, -0.15) is 0 Å². The lowest BCUT2D eigenvalue weighted by Gasteiger charge is -2.24. The Hall–Kier alpha value is -3.25. The van der Waals surface area contributed by atoms with Crippen LogP contribution in [0.2, 0.25) is 0 Å². The molecule has 30 heavy (non-hydrogen) atoms. The van der Waals surface area contributed by atoms with Crippen molar-refractivity contribution >= 4 is 5.91 Å². The first-order valence-electron chi connectivity index (χ1n) is 10.2. The van der Waals surface area contributed by atoms with Gasteiger partial charge in [0.1, 0.15) is 19.0 Å². The minimum atomic E-state index is -0.00744. The van der Waals surface area contributed by atoms with Gasteiger partial charge in [-0.15, -0.1) is 0 Å². The molecule has 0 aliphatic carbocycles. The molecular weight excluding hydrogens is 380 g/mol. The van der Waals surface area contributed by atoms with E-state index in [1.807, 2.05) is 67.6 Å². The minimum absolute atomic E-state index is 0.00744. The van der Waals surface area contributed by atoms with E-state index < -0.39 is 0 Å². The highest BCUT2D eigenvalue weighted by Gasteiger charge is 2.18. The lowest BCUT2D eigenvalue weighted by atomic mass is 10.1. The van der Waals surface area contributed by atoms with Gasteiger partial charge in [0.15, 0.2) is 11.5 Å². The summed E-state index contributed by atoms with van der Waals surface area (Å²) >= 11 is 0. The van der Waals surface area contributed by atoms with E-state index in [0.717, 1.165) is 28.4 Å². The van der Waals surface area contributed by atoms with E-state index in [4.69, 9.17) is 13.9 Å². The third-order valence-electron chi connectivity index (χ3n) is 5.12. The van der Waals surface area contributed by atoms with Crippen molar-refractivity contribution in [3.05, 3.63) is 83.8 Å². The molecule has 6 heteroatoms. The van der Waals surface area contributed by atoms with Crippen LogP contribution in [0.5, 0.6) is 11.5 Å². The van der Waals surface area contributed by atoms with Gasteiger partial charge in [-0.3, -0.25) is 4.79 Å². The summed E-state index contributed by atoms with van der Waals surface area (Å²) in [6.45, 7) is 4.34. The van der Waals surface area contributed by atoms with Crippen LogP contribution in [0.4, 0.5) is 0 Å². The second-order valence-corrected chi connectivity index (χ2v) is 7.32. The second-order valence-electron chi connectivity index (χ2n) is 7.32. The van der Waals surface area contributed by atoms with Crippen molar-refractivity contribution in [3.63, 3.8) is 0 Å². The maximum absolute atomic E-state index is 13.0. The minimum Gasteiger partial charge on any atom is -0.486 e. The van der Waals surface area contributed by atoms with Crippen molar-refractivity contribution in [3.8, 4) is 11.5 Å². The van der Waals surface area contributed by atoms with Gasteiger partial charge in [0.05, 0.1) is 19.4 Å². The van der Waals surface area contributed by atoms with E-state index >= 15 is 0 Å². The molecule has 1 amide bonds. The Balaban J connectivity index is 1.40. The number of carbonyl (C=O) groups excluding carboxylic acids is 1. The largest absolute Gasteiger partial charge is 0.486 e. The summed E-state index contributed by atoms with van der Waals surface area (Å²) in [5, 5.41) is 3.33. The number of amides is 1. The van der Waals surface area contributed by atoms with E-state index in [0.29, 0.717) is 26.3 Å². The number of benzene rings is 2. The van der Waals surface area contributed by atoms with E-state index in [-0.39, 0.29) is 18.5 Å². The van der Waals surface area contributed by atoms with Gasteiger partial charge in [-0.25, -0.2) is 0 Å². The van der Waals surface area contributed by atoms with E-state index in [1.165, 1.54) is 0 Å². The molecule has 0 bridgehead atoms. The van der Waals surface area contributed by atoms with Crippen LogP contribution in [-0.4, -0.2) is 30.6 Å². The molecule has 2 heterocycles. The first-order valence-corrected chi connectivity index (χ1v) is 10.2. The zero-order valence-corrected chi connectivity index (χ0v) is 17.0. The van der Waals surface area contributed by atoms with Crippen LogP contribution < -0.4 is 14.8 Å². The normalized spacial score (nSPS) is 13.6. The molecule has 0 saturated heterocycles. The Labute approximate surface area is 176 Å². The third kappa shape index (κ3) is 5.02. The van der Waals surface area contributed by atoms with Crippen LogP contribution in [0.15, 0.2) is 71.3 Å². The van der Waals surface area contributed by atoms with Gasteiger partial charge in [0, 0.05) is 12.6 Å². The Morgan fingerprint density at radius 3 is 2.57 bits per heavy atom. The first kappa shape index (κ1) is 20.0. The predicted molar refractivity (Wildman–Crippen MR) is 113 cm³/mol. The lowest BCUT2D eigenvalue weighted by Crippen LogP contribution is -2.38. The van der Waals surface area contributed by atoms with Gasteiger partial charge in [-0.05, 0) is 42.3 Å². The number of ether oxygens (including phenoxy) is 2. The summed E-state index contributed by atoms with van der Waals surface area (Å²) < 4.78 is 16.7. The molecule has 0 unspecified atom stereocenters. The Morgan fingerprint density at radius 2 is 1.80 bits per heavy atom. The van der Waals surface area contributed by atoms with E-state index in [2.05, 4.69) is 5.32 Å². The quantitative estimate of drug-likeness (QED) is 0.614. The molecule has 0 fully saturated rings. The summed E-state index contributed by atoms with van der Waals surface area (Å²) in [7, 11) is 0. The molecule has 6 nitrogen and oxygen atoms in total. The molecule has 0 radical (unpaired) electrons. The maximum atomic E-state index is 13.0. The lowest BCUT2D eigenvalue weighted by molar-refractivity contribution is -0.131. The second kappa shape index (κ2) is 9.50. The summed E-state index contributed by atoms with van der Waals surface area (Å²) in [5.41, 5.74) is 2.13. The summed E-state index contributed by atoms with van der Waals surface area (Å²) in [6, 6.07) is 19.6. The van der Waals surface area contributed by atoms with Crippen molar-refractivity contribution in [2.45, 2.75) is 26.1 Å². The summed E-state index contributed by atoms with van der Waals surface area (Å²) in [4.78, 5) is 14.8. The zero-order chi connectivity index (χ0) is 20.8. The molecule has 0 saturated carbocycles. The molecule has 2 aromatic carbocycles. The Morgan fingerprint density at radius 1 is 1.00 bits per heavy atom. The third-order valence-corrected chi connectivity index (χ3v) is 5.12. The molecule has 3 aromatic rings. The molecule has 0 spiro atoms. The zero-order valence-electron chi connectivity index (χ0n) is 17.0. The number of hydrogen-bond donors (Lipinski definition) is 1. The smallest absolute Gasteiger partial charge is 0.237 e. The fourth-order valence-corrected chi connectivity index (χ4v) is 3.43. The van der Waals surface area contributed by atoms with Gasteiger partial charge < -0.3 is 24.1 Å². The number of hydrogen-bond acceptors (Lipinski definition) is 5. The van der Waals surface area contributed by atoms with Crippen LogP contribution in [0.25, 0.3) is 0 Å². The average Bonchev–Trinajstić information content (AvgIpc) is 3.30. The summed E-state index contributed by atoms with van der Waals surface area (Å²) in [5.74, 6) is 2.29. The molecule has 1 aliphatic rings. The molecule has 1 atom stereocenters. The summed E-state index contributed by atoms with van der Waals surface area (Å²) in [6.07, 6.45) is 1.63. The average molecular weight is 406 g/mol. The van der Waals surface area contributed by atoms with Crippen molar-refractivity contribution in [1.29, 1.82) is 0 Å². The van der Waals surface area contributed by atoms with Gasteiger partial charge >= 0.3 is 0 Å². The van der Waals surface area contributed by atoms with Crippen LogP contribution in [0.1, 0.15) is 29.9 Å². The van der Waals surface area contributed by atoms with Gasteiger partial charge in [-0.1, -0.05) is 36.4 Å². The van der Waals surface area contributed by atoms with Crippen molar-refractivity contribution in [2.24, 2.45) is 0 Å². The van der Waals surface area contributed by atoms with Crippen molar-refractivity contribution < 1.29 is 18.7 Å². The maximum Gasteiger partial charge on any atom is 0.237 e. The van der Waals surface area contributed by atoms with Crippen LogP contribution in [0.3, 0.4) is 0 Å². The Bertz CT molecular complexity index is 957. The molecule has 156 valence electrons. The highest BCUT2D eigenvalue weighted by molar-refractivity contribution is 5.78. The van der Waals surface area contributed by atoms with Crippen molar-refractivity contribution in [1.82, 2.24) is 10.2 Å². The monoisotopic (exact) mass is 406 g/mol. The molecule has 4 rings (SSSR count). The van der Waals surface area contributed by atoms with E-state index in [9.17, 15) is 4.79 Å². The topological polar surface area (TPSA) is 63.9 Å². The molecule has 1 aromatic heterocycles. The fourth-order valence-electron chi connectivity index (χ4n) is 3.43. The Kier molecular flexibility index (Phi) is 6.35. The van der Waals surface area contributed by atoms with Crippen LogP contribution >= 0.6 is 0 Å². The molecule has 1 aliphatic heterocycles. The highest BCUT2D eigenvalue weighted by Crippen LogP contribution is 2.32. The number of rotatable bonds is 8. The number of nitrogens with one attached hydrogen (secondary N) is 1. The number of furan rings is 1.